The lowest BCUT2D eigenvalue weighted by atomic mass is 10.0. The van der Waals surface area contributed by atoms with E-state index < -0.39 is 0 Å². The first-order chi connectivity index (χ1) is 12.8. The molecule has 0 bridgehead atoms. The molecule has 2 aliphatic rings. The average Bonchev–Trinajstić information content (AvgIpc) is 3.33. The van der Waals surface area contributed by atoms with E-state index in [-0.39, 0.29) is 5.91 Å². The SMILES string of the molecule is O=C(c1ccc2ncnn2c1)N1CCc2oc(C3CCOCC3)nc2C1. The van der Waals surface area contributed by atoms with E-state index in [9.17, 15) is 4.79 Å². The molecule has 0 atom stereocenters. The van der Waals surface area contributed by atoms with Gasteiger partial charge < -0.3 is 14.1 Å². The lowest BCUT2D eigenvalue weighted by molar-refractivity contribution is 0.0725. The van der Waals surface area contributed by atoms with Crippen molar-refractivity contribution in [2.24, 2.45) is 0 Å². The summed E-state index contributed by atoms with van der Waals surface area (Å²) in [5.41, 5.74) is 2.20. The van der Waals surface area contributed by atoms with Crippen molar-refractivity contribution in [2.45, 2.75) is 31.7 Å². The van der Waals surface area contributed by atoms with Gasteiger partial charge in [-0.25, -0.2) is 14.5 Å². The number of rotatable bonds is 2. The molecule has 8 nitrogen and oxygen atoms in total. The third-order valence-corrected chi connectivity index (χ3v) is 5.12. The van der Waals surface area contributed by atoms with Crippen molar-refractivity contribution in [3.05, 3.63) is 47.6 Å². The number of fused-ring (bicyclic) bond motifs is 2. The molecule has 8 heteroatoms. The summed E-state index contributed by atoms with van der Waals surface area (Å²) in [7, 11) is 0. The van der Waals surface area contributed by atoms with Gasteiger partial charge in [-0.1, -0.05) is 0 Å². The highest BCUT2D eigenvalue weighted by Gasteiger charge is 2.29. The van der Waals surface area contributed by atoms with Crippen LogP contribution in [0.4, 0.5) is 0 Å². The van der Waals surface area contributed by atoms with Gasteiger partial charge in [-0.3, -0.25) is 4.79 Å². The van der Waals surface area contributed by atoms with Gasteiger partial charge >= 0.3 is 0 Å². The maximum absolute atomic E-state index is 12.9. The standard InChI is InChI=1S/C18H19N5O3/c24-18(13-1-2-16-19-11-20-23(16)9-13)22-6-3-15-14(10-22)21-17(26-15)12-4-7-25-8-5-12/h1-2,9,11-12H,3-8,10H2. The van der Waals surface area contributed by atoms with Gasteiger partial charge in [0, 0.05) is 38.3 Å². The summed E-state index contributed by atoms with van der Waals surface area (Å²) >= 11 is 0. The first-order valence-corrected chi connectivity index (χ1v) is 8.93. The zero-order valence-corrected chi connectivity index (χ0v) is 14.3. The van der Waals surface area contributed by atoms with Crippen LogP contribution < -0.4 is 0 Å². The van der Waals surface area contributed by atoms with Crippen LogP contribution in [0.3, 0.4) is 0 Å². The van der Waals surface area contributed by atoms with E-state index in [4.69, 9.17) is 14.1 Å². The molecule has 1 fully saturated rings. The Labute approximate surface area is 149 Å². The van der Waals surface area contributed by atoms with Crippen LogP contribution >= 0.6 is 0 Å². The first-order valence-electron chi connectivity index (χ1n) is 8.93. The van der Waals surface area contributed by atoms with E-state index in [1.165, 1.54) is 6.33 Å². The van der Waals surface area contributed by atoms with Gasteiger partial charge in [0.25, 0.3) is 5.91 Å². The van der Waals surface area contributed by atoms with Crippen molar-refractivity contribution in [1.29, 1.82) is 0 Å². The molecule has 5 rings (SSSR count). The molecule has 5 heterocycles. The minimum Gasteiger partial charge on any atom is -0.445 e. The van der Waals surface area contributed by atoms with Crippen LogP contribution in [0.25, 0.3) is 5.65 Å². The number of carbonyl (C=O) groups excluding carboxylic acids is 1. The Hall–Kier alpha value is -2.74. The van der Waals surface area contributed by atoms with E-state index in [0.717, 1.165) is 49.0 Å². The van der Waals surface area contributed by atoms with E-state index in [1.54, 1.807) is 22.8 Å². The topological polar surface area (TPSA) is 85.8 Å². The van der Waals surface area contributed by atoms with Gasteiger partial charge in [0.2, 0.25) is 0 Å². The number of aromatic nitrogens is 4. The summed E-state index contributed by atoms with van der Waals surface area (Å²) in [4.78, 5) is 23.5. The number of hydrogen-bond acceptors (Lipinski definition) is 6. The molecule has 1 saturated heterocycles. The smallest absolute Gasteiger partial charge is 0.255 e. The molecule has 0 unspecified atom stereocenters. The van der Waals surface area contributed by atoms with Gasteiger partial charge in [0.1, 0.15) is 17.8 Å². The Bertz CT molecular complexity index is 957. The summed E-state index contributed by atoms with van der Waals surface area (Å²) in [6.45, 7) is 2.63. The van der Waals surface area contributed by atoms with Crippen molar-refractivity contribution in [2.75, 3.05) is 19.8 Å². The molecule has 26 heavy (non-hydrogen) atoms. The maximum atomic E-state index is 12.9. The Morgan fingerprint density at radius 1 is 1.23 bits per heavy atom. The molecule has 0 spiro atoms. The van der Waals surface area contributed by atoms with Gasteiger partial charge in [-0.05, 0) is 25.0 Å². The van der Waals surface area contributed by atoms with Crippen LogP contribution in [0.1, 0.15) is 46.5 Å². The normalized spacial score (nSPS) is 18.2. The number of hydrogen-bond donors (Lipinski definition) is 0. The summed E-state index contributed by atoms with van der Waals surface area (Å²) in [5.74, 6) is 2.02. The molecule has 3 aromatic heterocycles. The minimum atomic E-state index is -0.0244. The molecule has 0 aliphatic carbocycles. The highest BCUT2D eigenvalue weighted by Crippen LogP contribution is 2.30. The van der Waals surface area contributed by atoms with Crippen LogP contribution in [-0.2, 0) is 17.7 Å². The number of carbonyl (C=O) groups is 1. The Balaban J connectivity index is 1.36. The number of nitrogens with zero attached hydrogens (tertiary/aromatic N) is 5. The van der Waals surface area contributed by atoms with Crippen LogP contribution in [0, 0.1) is 0 Å². The lowest BCUT2D eigenvalue weighted by Crippen LogP contribution is -2.36. The minimum absolute atomic E-state index is 0.0244. The molecule has 134 valence electrons. The highest BCUT2D eigenvalue weighted by atomic mass is 16.5. The number of amides is 1. The number of ether oxygens (including phenoxy) is 1. The zero-order valence-electron chi connectivity index (χ0n) is 14.3. The van der Waals surface area contributed by atoms with E-state index in [0.29, 0.717) is 31.0 Å². The van der Waals surface area contributed by atoms with E-state index in [1.807, 2.05) is 4.90 Å². The van der Waals surface area contributed by atoms with E-state index in [2.05, 4.69) is 10.1 Å². The molecule has 0 aromatic carbocycles. The third kappa shape index (κ3) is 2.66. The molecule has 1 amide bonds. The van der Waals surface area contributed by atoms with Crippen molar-refractivity contribution >= 4 is 11.6 Å². The highest BCUT2D eigenvalue weighted by molar-refractivity contribution is 5.94. The quantitative estimate of drug-likeness (QED) is 0.698. The first kappa shape index (κ1) is 15.5. The molecule has 0 N–H and O–H groups in total. The van der Waals surface area contributed by atoms with Gasteiger partial charge in [-0.15, -0.1) is 0 Å². The molecular weight excluding hydrogens is 334 g/mol. The summed E-state index contributed by atoms with van der Waals surface area (Å²) in [5, 5.41) is 4.10. The third-order valence-electron chi connectivity index (χ3n) is 5.12. The maximum Gasteiger partial charge on any atom is 0.255 e. The van der Waals surface area contributed by atoms with Crippen LogP contribution in [0.2, 0.25) is 0 Å². The van der Waals surface area contributed by atoms with Crippen molar-refractivity contribution in [1.82, 2.24) is 24.5 Å². The van der Waals surface area contributed by atoms with Crippen LogP contribution in [0.5, 0.6) is 0 Å². The van der Waals surface area contributed by atoms with Gasteiger partial charge in [0.15, 0.2) is 11.5 Å². The monoisotopic (exact) mass is 353 g/mol. The number of pyridine rings is 1. The predicted octanol–water partition coefficient (Wildman–Crippen LogP) is 1.81. The van der Waals surface area contributed by atoms with Crippen molar-refractivity contribution < 1.29 is 13.9 Å². The summed E-state index contributed by atoms with van der Waals surface area (Å²) in [6.07, 6.45) is 5.78. The average molecular weight is 353 g/mol. The molecule has 2 aliphatic heterocycles. The van der Waals surface area contributed by atoms with Crippen molar-refractivity contribution in [3.8, 4) is 0 Å². The summed E-state index contributed by atoms with van der Waals surface area (Å²) < 4.78 is 13.0. The second-order valence-corrected chi connectivity index (χ2v) is 6.77. The molecule has 0 saturated carbocycles. The fraction of sp³-hybridized carbons (Fsp3) is 0.444. The fourth-order valence-corrected chi connectivity index (χ4v) is 3.64. The molecule has 3 aromatic rings. The number of oxazole rings is 1. The fourth-order valence-electron chi connectivity index (χ4n) is 3.64. The van der Waals surface area contributed by atoms with Gasteiger partial charge in [-0.2, -0.15) is 5.10 Å². The van der Waals surface area contributed by atoms with Crippen molar-refractivity contribution in [3.63, 3.8) is 0 Å². The molecule has 0 radical (unpaired) electrons. The Morgan fingerprint density at radius 2 is 2.12 bits per heavy atom. The van der Waals surface area contributed by atoms with E-state index >= 15 is 0 Å². The summed E-state index contributed by atoms with van der Waals surface area (Å²) in [6, 6.07) is 3.59. The second-order valence-electron chi connectivity index (χ2n) is 6.77. The van der Waals surface area contributed by atoms with Gasteiger partial charge in [0.05, 0.1) is 12.1 Å². The zero-order chi connectivity index (χ0) is 17.5. The Morgan fingerprint density at radius 3 is 3.00 bits per heavy atom. The molecular formula is C18H19N5O3. The predicted molar refractivity (Wildman–Crippen MR) is 90.7 cm³/mol. The Kier molecular flexibility index (Phi) is 3.70. The van der Waals surface area contributed by atoms with Crippen LogP contribution in [0.15, 0.2) is 29.1 Å². The largest absolute Gasteiger partial charge is 0.445 e. The second kappa shape index (κ2) is 6.21. The lowest BCUT2D eigenvalue weighted by Gasteiger charge is -2.25. The van der Waals surface area contributed by atoms with Crippen LogP contribution in [-0.4, -0.2) is 50.1 Å².